The van der Waals surface area contributed by atoms with Crippen LogP contribution in [0.3, 0.4) is 0 Å². The van der Waals surface area contributed by atoms with Crippen LogP contribution in [0, 0.1) is 0 Å². The van der Waals surface area contributed by atoms with Crippen LogP contribution in [0.15, 0.2) is 12.7 Å². The van der Waals surface area contributed by atoms with Crippen molar-refractivity contribution in [2.75, 3.05) is 24.3 Å². The van der Waals surface area contributed by atoms with E-state index in [4.69, 9.17) is 20.9 Å². The van der Waals surface area contributed by atoms with Gasteiger partial charge in [0, 0.05) is 6.42 Å². The van der Waals surface area contributed by atoms with E-state index in [9.17, 15) is 9.90 Å². The largest absolute Gasteiger partial charge is 0.458 e. The van der Waals surface area contributed by atoms with E-state index in [1.165, 1.54) is 6.33 Å². The van der Waals surface area contributed by atoms with E-state index in [-0.39, 0.29) is 12.4 Å². The van der Waals surface area contributed by atoms with Crippen LogP contribution >= 0.6 is 11.8 Å². The van der Waals surface area contributed by atoms with Gasteiger partial charge in [0.15, 0.2) is 11.5 Å². The van der Waals surface area contributed by atoms with Gasteiger partial charge >= 0.3 is 5.97 Å². The van der Waals surface area contributed by atoms with Gasteiger partial charge in [0.25, 0.3) is 0 Å². The van der Waals surface area contributed by atoms with Crippen LogP contribution in [0.25, 0.3) is 11.2 Å². The van der Waals surface area contributed by atoms with Crippen molar-refractivity contribution in [2.24, 2.45) is 5.73 Å². The minimum absolute atomic E-state index is 0.271. The summed E-state index contributed by atoms with van der Waals surface area (Å²) in [5, 5.41) is 9.58. The molecule has 5 N–H and O–H groups in total. The van der Waals surface area contributed by atoms with Gasteiger partial charge in [0.2, 0.25) is 0 Å². The summed E-state index contributed by atoms with van der Waals surface area (Å²) in [5.74, 6) is 0.549. The molecule has 11 heteroatoms. The lowest BCUT2D eigenvalue weighted by Gasteiger charge is -2.19. The first-order valence-corrected chi connectivity index (χ1v) is 9.58. The molecule has 0 unspecified atom stereocenters. The lowest BCUT2D eigenvalue weighted by atomic mass is 10.1. The summed E-state index contributed by atoms with van der Waals surface area (Å²) in [6.45, 7) is -0.280. The molecule has 0 spiro atoms. The van der Waals surface area contributed by atoms with E-state index in [1.807, 2.05) is 6.26 Å². The lowest BCUT2D eigenvalue weighted by Crippen LogP contribution is -2.38. The number of aliphatic hydroxyl groups excluding tert-OH is 1. The van der Waals surface area contributed by atoms with Crippen molar-refractivity contribution in [1.82, 2.24) is 19.5 Å². The molecule has 0 aliphatic carbocycles. The zero-order valence-electron chi connectivity index (χ0n) is 14.3. The van der Waals surface area contributed by atoms with E-state index in [1.54, 1.807) is 22.7 Å². The zero-order valence-corrected chi connectivity index (χ0v) is 15.1. The number of carbonyl (C=O) groups is 1. The van der Waals surface area contributed by atoms with Gasteiger partial charge in [-0.3, -0.25) is 9.36 Å². The highest BCUT2D eigenvalue weighted by Crippen LogP contribution is 2.33. The monoisotopic (exact) mass is 382 g/mol. The average Bonchev–Trinajstić information content (AvgIpc) is 3.24. The minimum atomic E-state index is -0.692. The molecule has 4 atom stereocenters. The Morgan fingerprint density at radius 2 is 2.35 bits per heavy atom. The lowest BCUT2D eigenvalue weighted by molar-refractivity contribution is -0.154. The van der Waals surface area contributed by atoms with Crippen LogP contribution in [-0.4, -0.2) is 67.5 Å². The van der Waals surface area contributed by atoms with Crippen molar-refractivity contribution in [1.29, 1.82) is 0 Å². The van der Waals surface area contributed by atoms with E-state index in [0.29, 0.717) is 24.0 Å². The van der Waals surface area contributed by atoms with Crippen molar-refractivity contribution in [2.45, 2.75) is 37.3 Å². The maximum atomic E-state index is 12.2. The summed E-state index contributed by atoms with van der Waals surface area (Å²) in [5.41, 5.74) is 12.6. The van der Waals surface area contributed by atoms with Crippen LogP contribution in [0.4, 0.5) is 5.82 Å². The first-order chi connectivity index (χ1) is 12.5. The summed E-state index contributed by atoms with van der Waals surface area (Å²) >= 11 is 1.61. The molecule has 142 valence electrons. The fourth-order valence-corrected chi connectivity index (χ4v) is 3.33. The first-order valence-electron chi connectivity index (χ1n) is 8.19. The fourth-order valence-electron chi connectivity index (χ4n) is 2.84. The van der Waals surface area contributed by atoms with Crippen molar-refractivity contribution < 1.29 is 19.4 Å². The third kappa shape index (κ3) is 3.75. The molecule has 2 aromatic heterocycles. The average molecular weight is 382 g/mol. The number of nitrogens with zero attached hydrogens (tertiary/aromatic N) is 4. The highest BCUT2D eigenvalue weighted by molar-refractivity contribution is 7.98. The molecule has 0 bridgehead atoms. The smallest absolute Gasteiger partial charge is 0.323 e. The molecule has 0 radical (unpaired) electrons. The molecular weight excluding hydrogens is 360 g/mol. The quantitative estimate of drug-likeness (QED) is 0.543. The Hall–Kier alpha value is -1.95. The van der Waals surface area contributed by atoms with E-state index < -0.39 is 30.4 Å². The summed E-state index contributed by atoms with van der Waals surface area (Å²) in [4.78, 5) is 24.5. The number of aliphatic hydroxyl groups is 1. The Labute approximate surface area is 154 Å². The molecule has 1 fully saturated rings. The summed E-state index contributed by atoms with van der Waals surface area (Å²) in [7, 11) is 0. The number of esters is 1. The van der Waals surface area contributed by atoms with Gasteiger partial charge in [-0.15, -0.1) is 0 Å². The molecule has 1 saturated heterocycles. The molecule has 3 rings (SSSR count). The standard InChI is InChI=1S/C15H22N6O4S/c1-26-3-2-8(16)15(23)25-9-4-11(24-10(9)5-22)21-7-20-12-13(17)18-6-19-14(12)21/h6-11,22H,2-5,16H2,1H3,(H2,17,18,19)/t8-,9-,10+,11+/m0/s1. The summed E-state index contributed by atoms with van der Waals surface area (Å²) < 4.78 is 13.0. The molecule has 2 aromatic rings. The van der Waals surface area contributed by atoms with Crippen LogP contribution in [0.1, 0.15) is 19.1 Å². The molecule has 10 nitrogen and oxygen atoms in total. The molecular formula is C15H22N6O4S. The van der Waals surface area contributed by atoms with Gasteiger partial charge in [-0.05, 0) is 18.4 Å². The number of fused-ring (bicyclic) bond motifs is 1. The second-order valence-electron chi connectivity index (χ2n) is 5.99. The molecule has 26 heavy (non-hydrogen) atoms. The highest BCUT2D eigenvalue weighted by atomic mass is 32.2. The molecule has 0 saturated carbocycles. The van der Waals surface area contributed by atoms with Crippen molar-refractivity contribution in [3.63, 3.8) is 0 Å². The van der Waals surface area contributed by atoms with Crippen LogP contribution in [0.2, 0.25) is 0 Å². The number of carbonyl (C=O) groups excluding carboxylic acids is 1. The van der Waals surface area contributed by atoms with Gasteiger partial charge in [-0.2, -0.15) is 11.8 Å². The molecule has 0 aromatic carbocycles. The number of nitrogens with two attached hydrogens (primary N) is 2. The molecule has 1 aliphatic rings. The minimum Gasteiger partial charge on any atom is -0.458 e. The zero-order chi connectivity index (χ0) is 18.7. The van der Waals surface area contributed by atoms with E-state index >= 15 is 0 Å². The van der Waals surface area contributed by atoms with Crippen molar-refractivity contribution in [3.05, 3.63) is 12.7 Å². The maximum absolute atomic E-state index is 12.2. The summed E-state index contributed by atoms with van der Waals surface area (Å²) in [6.07, 6.45) is 3.97. The number of imidazole rings is 1. The Bertz CT molecular complexity index is 772. The van der Waals surface area contributed by atoms with Gasteiger partial charge in [-0.1, -0.05) is 0 Å². The fraction of sp³-hybridized carbons (Fsp3) is 0.600. The highest BCUT2D eigenvalue weighted by Gasteiger charge is 2.39. The molecule has 3 heterocycles. The number of hydrogen-bond donors (Lipinski definition) is 3. The predicted molar refractivity (Wildman–Crippen MR) is 96.2 cm³/mol. The van der Waals surface area contributed by atoms with E-state index in [0.717, 1.165) is 5.75 Å². The normalized spacial score (nSPS) is 24.0. The second kappa shape index (κ2) is 8.16. The second-order valence-corrected chi connectivity index (χ2v) is 6.98. The molecule has 0 amide bonds. The number of ether oxygens (including phenoxy) is 2. The van der Waals surface area contributed by atoms with Gasteiger partial charge in [0.1, 0.15) is 36.3 Å². The summed E-state index contributed by atoms with van der Waals surface area (Å²) in [6, 6.07) is -0.692. The SMILES string of the molecule is CSCC[C@H](N)C(=O)O[C@H]1C[C@H](n2cnc3c(N)ncnc32)O[C@@H]1CO. The third-order valence-electron chi connectivity index (χ3n) is 4.26. The topological polar surface area (TPSA) is 151 Å². The molecule has 1 aliphatic heterocycles. The number of nitrogen functional groups attached to an aromatic ring is 1. The van der Waals surface area contributed by atoms with Gasteiger partial charge in [0.05, 0.1) is 12.9 Å². The van der Waals surface area contributed by atoms with Crippen LogP contribution in [0.5, 0.6) is 0 Å². The van der Waals surface area contributed by atoms with Crippen molar-refractivity contribution in [3.8, 4) is 0 Å². The predicted octanol–water partition coefficient (Wildman–Crippen LogP) is -0.319. The number of hydrogen-bond acceptors (Lipinski definition) is 10. The number of aromatic nitrogens is 4. The Kier molecular flexibility index (Phi) is 5.91. The third-order valence-corrected chi connectivity index (χ3v) is 4.90. The number of anilines is 1. The Morgan fingerprint density at radius 3 is 3.08 bits per heavy atom. The van der Waals surface area contributed by atoms with Crippen LogP contribution in [-0.2, 0) is 14.3 Å². The Morgan fingerprint density at radius 1 is 1.54 bits per heavy atom. The Balaban J connectivity index is 1.72. The first kappa shape index (κ1) is 18.8. The number of rotatable bonds is 7. The van der Waals surface area contributed by atoms with Gasteiger partial charge < -0.3 is 26.0 Å². The van der Waals surface area contributed by atoms with Gasteiger partial charge in [-0.25, -0.2) is 15.0 Å². The number of thioether (sulfide) groups is 1. The van der Waals surface area contributed by atoms with Crippen LogP contribution < -0.4 is 11.5 Å². The van der Waals surface area contributed by atoms with E-state index in [2.05, 4.69) is 15.0 Å². The van der Waals surface area contributed by atoms with Crippen molar-refractivity contribution >= 4 is 34.7 Å². The maximum Gasteiger partial charge on any atom is 0.323 e.